The van der Waals surface area contributed by atoms with E-state index in [4.69, 9.17) is 21.1 Å². The maximum absolute atomic E-state index is 11.9. The fourth-order valence-electron chi connectivity index (χ4n) is 2.63. The first kappa shape index (κ1) is 22.1. The van der Waals surface area contributed by atoms with E-state index in [0.717, 1.165) is 5.39 Å². The lowest BCUT2D eigenvalue weighted by Crippen LogP contribution is -2.34. The van der Waals surface area contributed by atoms with Gasteiger partial charge in [0, 0.05) is 16.5 Å². The number of amides is 1. The molecule has 0 fully saturated rings. The second-order valence-electron chi connectivity index (χ2n) is 7.65. The highest BCUT2D eigenvalue weighted by Crippen LogP contribution is 2.24. The molecule has 8 heteroatoms. The molecule has 31 heavy (non-hydrogen) atoms. The number of hydrogen-bond donors (Lipinski definition) is 2. The molecule has 0 atom stereocenters. The first-order valence-electron chi connectivity index (χ1n) is 9.38. The van der Waals surface area contributed by atoms with E-state index in [1.165, 1.54) is 6.08 Å². The Morgan fingerprint density at radius 2 is 1.77 bits per heavy atom. The number of aromatic nitrogens is 1. The predicted molar refractivity (Wildman–Crippen MR) is 118 cm³/mol. The van der Waals surface area contributed by atoms with Gasteiger partial charge in [-0.1, -0.05) is 17.7 Å². The van der Waals surface area contributed by atoms with Gasteiger partial charge in [0.2, 0.25) is 5.88 Å². The van der Waals surface area contributed by atoms with Gasteiger partial charge in [0.15, 0.2) is 0 Å². The van der Waals surface area contributed by atoms with E-state index in [9.17, 15) is 14.7 Å². The van der Waals surface area contributed by atoms with Crippen molar-refractivity contribution in [3.05, 3.63) is 70.9 Å². The number of alkyl carbamates (subject to hydrolysis) is 1. The van der Waals surface area contributed by atoms with E-state index < -0.39 is 17.7 Å². The molecule has 0 saturated carbocycles. The standard InChI is InChI=1S/C23H21ClN2O5/c1-23(2,3)31-22(29)26-19(21(27)28)13-14-4-10-18-15(12-14)5-11-20(25-18)30-17-8-6-16(24)7-9-17/h4-13H,1-3H3,(H,26,29)(H,27,28). The summed E-state index contributed by atoms with van der Waals surface area (Å²) in [6, 6.07) is 15.6. The third-order valence-electron chi connectivity index (χ3n) is 3.90. The average Bonchev–Trinajstić information content (AvgIpc) is 2.68. The third kappa shape index (κ3) is 6.45. The minimum Gasteiger partial charge on any atom is -0.477 e. The molecular weight excluding hydrogens is 420 g/mol. The molecule has 160 valence electrons. The molecule has 0 bridgehead atoms. The maximum Gasteiger partial charge on any atom is 0.412 e. The fourth-order valence-corrected chi connectivity index (χ4v) is 2.75. The zero-order valence-electron chi connectivity index (χ0n) is 17.2. The van der Waals surface area contributed by atoms with Gasteiger partial charge >= 0.3 is 12.1 Å². The molecule has 3 rings (SSSR count). The first-order chi connectivity index (χ1) is 14.6. The Hall–Kier alpha value is -3.58. The largest absolute Gasteiger partial charge is 0.477 e. The van der Waals surface area contributed by atoms with E-state index in [2.05, 4.69) is 10.3 Å². The summed E-state index contributed by atoms with van der Waals surface area (Å²) in [5.74, 6) is -0.262. The van der Waals surface area contributed by atoms with Crippen LogP contribution in [0.25, 0.3) is 17.0 Å². The molecule has 0 spiro atoms. The van der Waals surface area contributed by atoms with Gasteiger partial charge in [0.05, 0.1) is 5.52 Å². The summed E-state index contributed by atoms with van der Waals surface area (Å²) in [6.45, 7) is 5.08. The molecule has 0 saturated heterocycles. The minimum absolute atomic E-state index is 0.302. The van der Waals surface area contributed by atoms with Crippen molar-refractivity contribution >= 4 is 40.6 Å². The van der Waals surface area contributed by atoms with Gasteiger partial charge in [-0.3, -0.25) is 5.32 Å². The van der Waals surface area contributed by atoms with Gasteiger partial charge in [-0.25, -0.2) is 14.6 Å². The van der Waals surface area contributed by atoms with Crippen LogP contribution in [0.4, 0.5) is 4.79 Å². The number of pyridine rings is 1. The first-order valence-corrected chi connectivity index (χ1v) is 9.76. The molecule has 0 aliphatic carbocycles. The number of rotatable bonds is 5. The highest BCUT2D eigenvalue weighted by atomic mass is 35.5. The molecule has 7 nitrogen and oxygen atoms in total. The Balaban J connectivity index is 1.81. The molecule has 2 aromatic carbocycles. The molecule has 0 unspecified atom stereocenters. The number of halogens is 1. The second kappa shape index (κ2) is 9.06. The molecule has 2 N–H and O–H groups in total. The lowest BCUT2D eigenvalue weighted by atomic mass is 10.1. The van der Waals surface area contributed by atoms with E-state index in [-0.39, 0.29) is 5.70 Å². The van der Waals surface area contributed by atoms with Crippen LogP contribution in [0.1, 0.15) is 26.3 Å². The monoisotopic (exact) mass is 440 g/mol. The summed E-state index contributed by atoms with van der Waals surface area (Å²) in [6.07, 6.45) is 0.511. The molecular formula is C23H21ClN2O5. The molecule has 0 aliphatic heterocycles. The number of carboxylic acids is 1. The predicted octanol–water partition coefficient (Wildman–Crippen LogP) is 5.63. The Kier molecular flexibility index (Phi) is 6.46. The van der Waals surface area contributed by atoms with E-state index in [1.54, 1.807) is 69.3 Å². The summed E-state index contributed by atoms with van der Waals surface area (Å²) < 4.78 is 10.8. The number of carbonyl (C=O) groups excluding carboxylic acids is 1. The van der Waals surface area contributed by atoms with Crippen molar-refractivity contribution in [2.45, 2.75) is 26.4 Å². The van der Waals surface area contributed by atoms with Crippen molar-refractivity contribution in [2.24, 2.45) is 0 Å². The molecule has 1 aromatic heterocycles. The second-order valence-corrected chi connectivity index (χ2v) is 8.08. The zero-order chi connectivity index (χ0) is 22.6. The number of carbonyl (C=O) groups is 2. The van der Waals surface area contributed by atoms with E-state index in [1.807, 2.05) is 6.07 Å². The van der Waals surface area contributed by atoms with Crippen LogP contribution < -0.4 is 10.1 Å². The Labute approximate surface area is 184 Å². The van der Waals surface area contributed by atoms with Crippen molar-refractivity contribution in [3.8, 4) is 11.6 Å². The Bertz CT molecular complexity index is 1150. The van der Waals surface area contributed by atoms with Crippen LogP contribution in [0.3, 0.4) is 0 Å². The van der Waals surface area contributed by atoms with Gasteiger partial charge in [-0.05, 0) is 74.9 Å². The number of hydrogen-bond acceptors (Lipinski definition) is 5. The lowest BCUT2D eigenvalue weighted by molar-refractivity contribution is -0.133. The summed E-state index contributed by atoms with van der Waals surface area (Å²) in [5, 5.41) is 13.1. The van der Waals surface area contributed by atoms with Crippen molar-refractivity contribution in [3.63, 3.8) is 0 Å². The Morgan fingerprint density at radius 1 is 1.06 bits per heavy atom. The number of fused-ring (bicyclic) bond motifs is 1. The molecule has 1 heterocycles. The van der Waals surface area contributed by atoms with Gasteiger partial charge in [0.1, 0.15) is 17.0 Å². The van der Waals surface area contributed by atoms with Crippen LogP contribution >= 0.6 is 11.6 Å². The van der Waals surface area contributed by atoms with E-state index >= 15 is 0 Å². The van der Waals surface area contributed by atoms with Crippen LogP contribution in [0, 0.1) is 0 Å². The average molecular weight is 441 g/mol. The number of nitrogens with zero attached hydrogens (tertiary/aromatic N) is 1. The normalized spacial score (nSPS) is 11.8. The van der Waals surface area contributed by atoms with Crippen molar-refractivity contribution in [2.75, 3.05) is 0 Å². The number of carboxylic acid groups (broad SMARTS) is 1. The molecule has 3 aromatic rings. The summed E-state index contributed by atoms with van der Waals surface area (Å²) in [4.78, 5) is 27.9. The van der Waals surface area contributed by atoms with Crippen LogP contribution in [0.2, 0.25) is 5.02 Å². The van der Waals surface area contributed by atoms with Crippen molar-refractivity contribution in [1.29, 1.82) is 0 Å². The molecule has 1 amide bonds. The van der Waals surface area contributed by atoms with E-state index in [0.29, 0.717) is 27.7 Å². The van der Waals surface area contributed by atoms with Crippen molar-refractivity contribution in [1.82, 2.24) is 10.3 Å². The van der Waals surface area contributed by atoms with Crippen molar-refractivity contribution < 1.29 is 24.2 Å². The number of ether oxygens (including phenoxy) is 2. The summed E-state index contributed by atoms with van der Waals surface area (Å²) in [7, 11) is 0. The quantitative estimate of drug-likeness (QED) is 0.499. The Morgan fingerprint density at radius 3 is 2.42 bits per heavy atom. The topological polar surface area (TPSA) is 97.8 Å². The third-order valence-corrected chi connectivity index (χ3v) is 4.15. The maximum atomic E-state index is 11.9. The van der Waals surface area contributed by atoms with Crippen LogP contribution in [-0.4, -0.2) is 27.8 Å². The number of aliphatic carboxylic acids is 1. The molecule has 0 aliphatic rings. The van der Waals surface area contributed by atoms with Crippen LogP contribution in [-0.2, 0) is 9.53 Å². The number of nitrogens with one attached hydrogen (secondary N) is 1. The lowest BCUT2D eigenvalue weighted by Gasteiger charge is -2.19. The highest BCUT2D eigenvalue weighted by molar-refractivity contribution is 6.30. The highest BCUT2D eigenvalue weighted by Gasteiger charge is 2.19. The summed E-state index contributed by atoms with van der Waals surface area (Å²) in [5.41, 5.74) is 0.202. The van der Waals surface area contributed by atoms with Gasteiger partial charge in [0.25, 0.3) is 0 Å². The zero-order valence-corrected chi connectivity index (χ0v) is 17.9. The molecule has 0 radical (unpaired) electrons. The summed E-state index contributed by atoms with van der Waals surface area (Å²) >= 11 is 5.88. The number of benzene rings is 2. The fraction of sp³-hybridized carbons (Fsp3) is 0.174. The SMILES string of the molecule is CC(C)(C)OC(=O)NC(=Cc1ccc2nc(Oc3ccc(Cl)cc3)ccc2c1)C(=O)O. The van der Waals surface area contributed by atoms with Crippen LogP contribution in [0.15, 0.2) is 60.3 Å². The van der Waals surface area contributed by atoms with Gasteiger partial charge in [-0.15, -0.1) is 0 Å². The minimum atomic E-state index is -1.28. The smallest absolute Gasteiger partial charge is 0.412 e. The van der Waals surface area contributed by atoms with Gasteiger partial charge < -0.3 is 14.6 Å². The van der Waals surface area contributed by atoms with Crippen LogP contribution in [0.5, 0.6) is 11.6 Å². The van der Waals surface area contributed by atoms with Gasteiger partial charge in [-0.2, -0.15) is 0 Å².